The predicted octanol–water partition coefficient (Wildman–Crippen LogP) is 2.51. The van der Waals surface area contributed by atoms with Crippen LogP contribution >= 0.6 is 24.0 Å². The van der Waals surface area contributed by atoms with Crippen molar-refractivity contribution in [2.24, 2.45) is 4.99 Å². The lowest BCUT2D eigenvalue weighted by Crippen LogP contribution is -2.46. The largest absolute Gasteiger partial charge is 0.492 e. The summed E-state index contributed by atoms with van der Waals surface area (Å²) in [5.41, 5.74) is 1.17. The number of halogens is 1. The van der Waals surface area contributed by atoms with Gasteiger partial charge in [-0.2, -0.15) is 0 Å². The Hall–Kier alpha value is -1.10. The van der Waals surface area contributed by atoms with Crippen LogP contribution in [0.2, 0.25) is 0 Å². The molecule has 0 bridgehead atoms. The number of morpholine rings is 1. The zero-order chi connectivity index (χ0) is 21.2. The second-order valence-electron chi connectivity index (χ2n) is 7.92. The number of aliphatic imine (C=N–C) groups is 1. The zero-order valence-corrected chi connectivity index (χ0v) is 21.7. The standard InChI is InChI=1S/C23H39N5O2.HI/c1-4-26(5-2)12-17-30-22-9-7-6-8-20(22)18-25-23(24-3)28-11-10-21(19-28)27-13-15-29-16-14-27;/h6-9,21H,4-5,10-19H2,1-3H3,(H,24,25);1H. The van der Waals surface area contributed by atoms with Crippen molar-refractivity contribution in [3.63, 3.8) is 0 Å². The fraction of sp³-hybridized carbons (Fsp3) is 0.696. The number of nitrogens with zero attached hydrogens (tertiary/aromatic N) is 4. The highest BCUT2D eigenvalue weighted by molar-refractivity contribution is 14.0. The molecule has 2 aliphatic rings. The maximum atomic E-state index is 6.11. The summed E-state index contributed by atoms with van der Waals surface area (Å²) in [6.45, 7) is 14.7. The summed E-state index contributed by atoms with van der Waals surface area (Å²) in [7, 11) is 1.87. The summed E-state index contributed by atoms with van der Waals surface area (Å²) >= 11 is 0. The van der Waals surface area contributed by atoms with Crippen LogP contribution in [0.15, 0.2) is 29.3 Å². The van der Waals surface area contributed by atoms with Crippen LogP contribution in [-0.4, -0.2) is 99.4 Å². The number of hydrogen-bond donors (Lipinski definition) is 1. The van der Waals surface area contributed by atoms with Crippen LogP contribution in [0.1, 0.15) is 25.8 Å². The molecule has 2 aliphatic heterocycles. The van der Waals surface area contributed by atoms with Crippen LogP contribution in [0.5, 0.6) is 5.75 Å². The molecule has 3 rings (SSSR count). The molecule has 0 saturated carbocycles. The smallest absolute Gasteiger partial charge is 0.193 e. The molecule has 2 saturated heterocycles. The lowest BCUT2D eigenvalue weighted by Gasteiger charge is -2.32. The molecule has 2 heterocycles. The van der Waals surface area contributed by atoms with E-state index in [9.17, 15) is 0 Å². The number of likely N-dealkylation sites (N-methyl/N-ethyl adjacent to an activating group) is 1. The van der Waals surface area contributed by atoms with Gasteiger partial charge < -0.3 is 24.6 Å². The Kier molecular flexibility index (Phi) is 11.9. The molecule has 31 heavy (non-hydrogen) atoms. The monoisotopic (exact) mass is 545 g/mol. The number of likely N-dealkylation sites (tertiary alicyclic amines) is 1. The van der Waals surface area contributed by atoms with Gasteiger partial charge in [-0.25, -0.2) is 0 Å². The molecule has 1 unspecified atom stereocenters. The first-order chi connectivity index (χ1) is 14.7. The molecule has 176 valence electrons. The van der Waals surface area contributed by atoms with Gasteiger partial charge in [-0.1, -0.05) is 32.0 Å². The van der Waals surface area contributed by atoms with Crippen molar-refractivity contribution >= 4 is 29.9 Å². The summed E-state index contributed by atoms with van der Waals surface area (Å²) in [5.74, 6) is 1.93. The average Bonchev–Trinajstić information content (AvgIpc) is 3.29. The van der Waals surface area contributed by atoms with Gasteiger partial charge in [-0.15, -0.1) is 24.0 Å². The highest BCUT2D eigenvalue weighted by Gasteiger charge is 2.30. The van der Waals surface area contributed by atoms with Gasteiger partial charge >= 0.3 is 0 Å². The Bertz CT molecular complexity index is 665. The van der Waals surface area contributed by atoms with Crippen LogP contribution in [0.3, 0.4) is 0 Å². The van der Waals surface area contributed by atoms with Crippen LogP contribution in [0.4, 0.5) is 0 Å². The molecule has 7 nitrogen and oxygen atoms in total. The second kappa shape index (κ2) is 14.1. The van der Waals surface area contributed by atoms with Crippen molar-refractivity contribution < 1.29 is 9.47 Å². The SMILES string of the molecule is CCN(CC)CCOc1ccccc1CNC(=NC)N1CCC(N2CCOCC2)C1.I. The number of nitrogens with one attached hydrogen (secondary N) is 1. The molecule has 0 aromatic heterocycles. The van der Waals surface area contributed by atoms with E-state index in [2.05, 4.69) is 57.1 Å². The van der Waals surface area contributed by atoms with E-state index in [1.54, 1.807) is 0 Å². The topological polar surface area (TPSA) is 52.6 Å². The third kappa shape index (κ3) is 7.76. The van der Waals surface area contributed by atoms with Gasteiger partial charge in [0.2, 0.25) is 0 Å². The molecule has 0 spiro atoms. The van der Waals surface area contributed by atoms with E-state index in [0.717, 1.165) is 70.7 Å². The summed E-state index contributed by atoms with van der Waals surface area (Å²) in [6.07, 6.45) is 1.19. The average molecular weight is 546 g/mol. The van der Waals surface area contributed by atoms with Gasteiger partial charge in [0.25, 0.3) is 0 Å². The number of para-hydroxylation sites is 1. The van der Waals surface area contributed by atoms with Crippen LogP contribution in [0, 0.1) is 0 Å². The van der Waals surface area contributed by atoms with Gasteiger partial charge in [0.15, 0.2) is 5.96 Å². The van der Waals surface area contributed by atoms with Crippen molar-refractivity contribution in [2.75, 3.05) is 72.7 Å². The molecule has 0 radical (unpaired) electrons. The third-order valence-corrected chi connectivity index (χ3v) is 6.21. The normalized spacial score (nSPS) is 20.1. The Labute approximate surface area is 205 Å². The molecule has 0 aliphatic carbocycles. The molecular weight excluding hydrogens is 505 g/mol. The van der Waals surface area contributed by atoms with Gasteiger partial charge in [0, 0.05) is 57.9 Å². The molecule has 0 amide bonds. The van der Waals surface area contributed by atoms with E-state index in [-0.39, 0.29) is 24.0 Å². The third-order valence-electron chi connectivity index (χ3n) is 6.21. The summed E-state index contributed by atoms with van der Waals surface area (Å²) in [5, 5.41) is 3.56. The molecule has 1 aromatic carbocycles. The first-order valence-corrected chi connectivity index (χ1v) is 11.5. The van der Waals surface area contributed by atoms with Gasteiger partial charge in [0.1, 0.15) is 12.4 Å². The minimum absolute atomic E-state index is 0. The number of ether oxygens (including phenoxy) is 2. The Balaban J connectivity index is 0.00000341. The predicted molar refractivity (Wildman–Crippen MR) is 138 cm³/mol. The summed E-state index contributed by atoms with van der Waals surface area (Å²) in [6, 6.07) is 8.91. The van der Waals surface area contributed by atoms with Crippen molar-refractivity contribution in [1.29, 1.82) is 0 Å². The van der Waals surface area contributed by atoms with E-state index in [0.29, 0.717) is 19.2 Å². The Morgan fingerprint density at radius 3 is 2.65 bits per heavy atom. The van der Waals surface area contributed by atoms with E-state index < -0.39 is 0 Å². The van der Waals surface area contributed by atoms with E-state index in [1.807, 2.05) is 13.1 Å². The number of rotatable bonds is 9. The Morgan fingerprint density at radius 2 is 1.94 bits per heavy atom. The first kappa shape index (κ1) is 26.2. The lowest BCUT2D eigenvalue weighted by molar-refractivity contribution is 0.0195. The van der Waals surface area contributed by atoms with E-state index >= 15 is 0 Å². The maximum Gasteiger partial charge on any atom is 0.193 e. The van der Waals surface area contributed by atoms with E-state index in [4.69, 9.17) is 9.47 Å². The Morgan fingerprint density at radius 1 is 1.19 bits per heavy atom. The van der Waals surface area contributed by atoms with E-state index in [1.165, 1.54) is 12.0 Å². The van der Waals surface area contributed by atoms with Gasteiger partial charge in [-0.05, 0) is 25.6 Å². The fourth-order valence-corrected chi connectivity index (χ4v) is 4.30. The fourth-order valence-electron chi connectivity index (χ4n) is 4.30. The quantitative estimate of drug-likeness (QED) is 0.293. The molecule has 8 heteroatoms. The number of guanidine groups is 1. The molecule has 2 fully saturated rings. The maximum absolute atomic E-state index is 6.11. The molecular formula is C23H40IN5O2. The number of hydrogen-bond acceptors (Lipinski definition) is 5. The zero-order valence-electron chi connectivity index (χ0n) is 19.4. The highest BCUT2D eigenvalue weighted by Crippen LogP contribution is 2.19. The molecule has 1 aromatic rings. The van der Waals surface area contributed by atoms with Crippen molar-refractivity contribution in [1.82, 2.24) is 20.0 Å². The number of benzene rings is 1. The molecule has 1 N–H and O–H groups in total. The van der Waals surface area contributed by atoms with Crippen LogP contribution < -0.4 is 10.1 Å². The van der Waals surface area contributed by atoms with Gasteiger partial charge in [0.05, 0.1) is 13.2 Å². The van der Waals surface area contributed by atoms with Crippen molar-refractivity contribution in [2.45, 2.75) is 32.9 Å². The lowest BCUT2D eigenvalue weighted by atomic mass is 10.2. The second-order valence-corrected chi connectivity index (χ2v) is 7.92. The van der Waals surface area contributed by atoms with Crippen molar-refractivity contribution in [3.05, 3.63) is 29.8 Å². The highest BCUT2D eigenvalue weighted by atomic mass is 127. The minimum Gasteiger partial charge on any atom is -0.492 e. The summed E-state index contributed by atoms with van der Waals surface area (Å²) < 4.78 is 11.6. The minimum atomic E-state index is 0. The van der Waals surface area contributed by atoms with Crippen LogP contribution in [-0.2, 0) is 11.3 Å². The molecule has 1 atom stereocenters. The first-order valence-electron chi connectivity index (χ1n) is 11.5. The summed E-state index contributed by atoms with van der Waals surface area (Å²) in [4.78, 5) is 11.9. The van der Waals surface area contributed by atoms with Crippen molar-refractivity contribution in [3.8, 4) is 5.75 Å². The van der Waals surface area contributed by atoms with Crippen LogP contribution in [0.25, 0.3) is 0 Å². The van der Waals surface area contributed by atoms with Gasteiger partial charge in [-0.3, -0.25) is 9.89 Å².